The first-order valence-electron chi connectivity index (χ1n) is 5.59. The van der Waals surface area contributed by atoms with Crippen LogP contribution in [-0.2, 0) is 6.54 Å². The van der Waals surface area contributed by atoms with Crippen LogP contribution in [0.1, 0.15) is 17.5 Å². The number of pyridine rings is 1. The summed E-state index contributed by atoms with van der Waals surface area (Å²) in [6.07, 6.45) is 3.20. The normalized spacial score (nSPS) is 26.2. The Balaban J connectivity index is 2.07. The van der Waals surface area contributed by atoms with E-state index in [1.807, 2.05) is 24.1 Å². The van der Waals surface area contributed by atoms with Crippen LogP contribution in [0.5, 0.6) is 0 Å². The summed E-state index contributed by atoms with van der Waals surface area (Å²) in [5, 5.41) is 9.18. The summed E-state index contributed by atoms with van der Waals surface area (Å²) in [6, 6.07) is 1.91. The van der Waals surface area contributed by atoms with Crippen LogP contribution < -0.4 is 0 Å². The molecule has 0 aromatic carbocycles. The Morgan fingerprint density at radius 1 is 1.62 bits per heavy atom. The first-order valence-corrected chi connectivity index (χ1v) is 5.59. The molecule has 0 saturated carbocycles. The number of rotatable bonds is 3. The highest BCUT2D eigenvalue weighted by molar-refractivity contribution is 5.21. The van der Waals surface area contributed by atoms with Crippen LogP contribution in [0.4, 0.5) is 4.39 Å². The molecule has 1 aliphatic rings. The maximum absolute atomic E-state index is 13.2. The molecule has 1 N–H and O–H groups in total. The topological polar surface area (TPSA) is 36.4 Å². The lowest BCUT2D eigenvalue weighted by atomic mass is 10.1. The number of aromatic nitrogens is 1. The van der Waals surface area contributed by atoms with Crippen molar-refractivity contribution in [3.05, 3.63) is 29.6 Å². The lowest BCUT2D eigenvalue weighted by molar-refractivity contribution is 0.153. The summed E-state index contributed by atoms with van der Waals surface area (Å²) >= 11 is 0. The molecule has 1 aliphatic heterocycles. The van der Waals surface area contributed by atoms with E-state index in [1.165, 1.54) is 0 Å². The van der Waals surface area contributed by atoms with Gasteiger partial charge in [0, 0.05) is 31.5 Å². The van der Waals surface area contributed by atoms with E-state index in [-0.39, 0.29) is 12.6 Å². The number of halogens is 1. The Labute approximate surface area is 94.9 Å². The lowest BCUT2D eigenvalue weighted by Crippen LogP contribution is -2.32. The fourth-order valence-electron chi connectivity index (χ4n) is 2.20. The molecular weight excluding hydrogens is 207 g/mol. The summed E-state index contributed by atoms with van der Waals surface area (Å²) in [4.78, 5) is 6.04. The smallest absolute Gasteiger partial charge is 0.114 e. The summed E-state index contributed by atoms with van der Waals surface area (Å²) in [7, 11) is 0. The molecule has 88 valence electrons. The van der Waals surface area contributed by atoms with Gasteiger partial charge in [-0.05, 0) is 30.5 Å². The van der Waals surface area contributed by atoms with E-state index in [4.69, 9.17) is 0 Å². The van der Waals surface area contributed by atoms with Crippen LogP contribution in [0.2, 0.25) is 0 Å². The fraction of sp³-hybridized carbons (Fsp3) is 0.583. The van der Waals surface area contributed by atoms with Crippen LogP contribution in [0.15, 0.2) is 18.5 Å². The standard InChI is InChI=1S/C12H17FN2O/c1-9-5-14-3-2-10(9)6-15-7-11(13)4-12(15)8-16/h2-3,5,11-12,16H,4,6-8H2,1H3/t11-,12-/m0/s1. The number of hydrogen-bond acceptors (Lipinski definition) is 3. The molecule has 1 aromatic heterocycles. The van der Waals surface area contributed by atoms with Gasteiger partial charge in [0.25, 0.3) is 0 Å². The highest BCUT2D eigenvalue weighted by atomic mass is 19.1. The minimum absolute atomic E-state index is 0.0323. The van der Waals surface area contributed by atoms with Gasteiger partial charge in [-0.15, -0.1) is 0 Å². The summed E-state index contributed by atoms with van der Waals surface area (Å²) in [5.41, 5.74) is 2.27. The Morgan fingerprint density at radius 2 is 2.44 bits per heavy atom. The molecule has 2 atom stereocenters. The predicted molar refractivity (Wildman–Crippen MR) is 59.8 cm³/mol. The SMILES string of the molecule is Cc1cnccc1CN1C[C@@H](F)C[C@H]1CO. The number of likely N-dealkylation sites (tertiary alicyclic amines) is 1. The molecule has 2 rings (SSSR count). The van der Waals surface area contributed by atoms with Gasteiger partial charge in [-0.2, -0.15) is 0 Å². The van der Waals surface area contributed by atoms with Gasteiger partial charge in [0.2, 0.25) is 0 Å². The van der Waals surface area contributed by atoms with Gasteiger partial charge in [0.1, 0.15) is 6.17 Å². The van der Waals surface area contributed by atoms with E-state index in [1.54, 1.807) is 6.20 Å². The summed E-state index contributed by atoms with van der Waals surface area (Å²) < 4.78 is 13.2. The molecule has 0 radical (unpaired) electrons. The van der Waals surface area contributed by atoms with E-state index in [9.17, 15) is 9.50 Å². The van der Waals surface area contributed by atoms with Gasteiger partial charge in [-0.1, -0.05) is 0 Å². The van der Waals surface area contributed by atoms with Crippen LogP contribution in [0.3, 0.4) is 0 Å². The molecule has 0 aliphatic carbocycles. The molecule has 16 heavy (non-hydrogen) atoms. The molecule has 0 unspecified atom stereocenters. The van der Waals surface area contributed by atoms with Crippen molar-refractivity contribution in [1.82, 2.24) is 9.88 Å². The zero-order valence-electron chi connectivity index (χ0n) is 9.43. The minimum atomic E-state index is -0.806. The van der Waals surface area contributed by atoms with Gasteiger partial charge >= 0.3 is 0 Å². The number of aliphatic hydroxyl groups excluding tert-OH is 1. The maximum atomic E-state index is 13.2. The van der Waals surface area contributed by atoms with E-state index < -0.39 is 6.17 Å². The van der Waals surface area contributed by atoms with Crippen LogP contribution in [0, 0.1) is 6.92 Å². The van der Waals surface area contributed by atoms with Gasteiger partial charge in [-0.25, -0.2) is 4.39 Å². The average Bonchev–Trinajstić information content (AvgIpc) is 2.62. The van der Waals surface area contributed by atoms with Crippen molar-refractivity contribution < 1.29 is 9.50 Å². The zero-order chi connectivity index (χ0) is 11.5. The highest BCUT2D eigenvalue weighted by Gasteiger charge is 2.31. The van der Waals surface area contributed by atoms with Crippen LogP contribution in [0.25, 0.3) is 0 Å². The summed E-state index contributed by atoms with van der Waals surface area (Å²) in [5.74, 6) is 0. The summed E-state index contributed by atoms with van der Waals surface area (Å²) in [6.45, 7) is 3.15. The molecule has 0 spiro atoms. The van der Waals surface area contributed by atoms with Crippen molar-refractivity contribution >= 4 is 0 Å². The van der Waals surface area contributed by atoms with Crippen molar-refractivity contribution in [3.63, 3.8) is 0 Å². The van der Waals surface area contributed by atoms with Gasteiger partial charge in [0.05, 0.1) is 6.61 Å². The number of nitrogens with zero attached hydrogens (tertiary/aromatic N) is 2. The minimum Gasteiger partial charge on any atom is -0.395 e. The molecule has 3 nitrogen and oxygen atoms in total. The fourth-order valence-corrected chi connectivity index (χ4v) is 2.20. The number of aliphatic hydroxyl groups is 1. The van der Waals surface area contributed by atoms with Gasteiger partial charge in [0.15, 0.2) is 0 Å². The van der Waals surface area contributed by atoms with E-state index in [0.29, 0.717) is 19.5 Å². The average molecular weight is 224 g/mol. The predicted octanol–water partition coefficient (Wildman–Crippen LogP) is 1.29. The number of aryl methyl sites for hydroxylation is 1. The highest BCUT2D eigenvalue weighted by Crippen LogP contribution is 2.22. The maximum Gasteiger partial charge on any atom is 0.114 e. The second-order valence-electron chi connectivity index (χ2n) is 4.40. The zero-order valence-corrected chi connectivity index (χ0v) is 9.43. The molecule has 4 heteroatoms. The van der Waals surface area contributed by atoms with Crippen LogP contribution >= 0.6 is 0 Å². The Kier molecular flexibility index (Phi) is 3.51. The first-order chi connectivity index (χ1) is 7.70. The molecule has 0 amide bonds. The molecular formula is C12H17FN2O. The second kappa shape index (κ2) is 4.89. The lowest BCUT2D eigenvalue weighted by Gasteiger charge is -2.22. The molecule has 1 saturated heterocycles. The van der Waals surface area contributed by atoms with Crippen LogP contribution in [-0.4, -0.2) is 40.4 Å². The van der Waals surface area contributed by atoms with Crippen molar-refractivity contribution in [1.29, 1.82) is 0 Å². The Morgan fingerprint density at radius 3 is 3.12 bits per heavy atom. The third-order valence-electron chi connectivity index (χ3n) is 3.20. The monoisotopic (exact) mass is 224 g/mol. The van der Waals surface area contributed by atoms with Gasteiger partial charge in [-0.3, -0.25) is 9.88 Å². The number of alkyl halides is 1. The van der Waals surface area contributed by atoms with E-state index >= 15 is 0 Å². The number of hydrogen-bond donors (Lipinski definition) is 1. The quantitative estimate of drug-likeness (QED) is 0.840. The molecule has 1 aromatic rings. The van der Waals surface area contributed by atoms with Crippen molar-refractivity contribution in [2.75, 3.05) is 13.2 Å². The first kappa shape index (κ1) is 11.5. The molecule has 0 bridgehead atoms. The van der Waals surface area contributed by atoms with Crippen molar-refractivity contribution in [3.8, 4) is 0 Å². The largest absolute Gasteiger partial charge is 0.395 e. The second-order valence-corrected chi connectivity index (χ2v) is 4.40. The van der Waals surface area contributed by atoms with E-state index in [2.05, 4.69) is 4.98 Å². The van der Waals surface area contributed by atoms with Crippen molar-refractivity contribution in [2.45, 2.75) is 32.1 Å². The van der Waals surface area contributed by atoms with E-state index in [0.717, 1.165) is 11.1 Å². The van der Waals surface area contributed by atoms with Gasteiger partial charge < -0.3 is 5.11 Å². The third kappa shape index (κ3) is 2.39. The molecule has 2 heterocycles. The Hall–Kier alpha value is -1.00. The Bertz CT molecular complexity index is 359. The third-order valence-corrected chi connectivity index (χ3v) is 3.20. The molecule has 1 fully saturated rings. The van der Waals surface area contributed by atoms with Crippen molar-refractivity contribution in [2.24, 2.45) is 0 Å².